The Bertz CT molecular complexity index is 676. The van der Waals surface area contributed by atoms with E-state index in [4.69, 9.17) is 13.6 Å². The number of amides is 1. The van der Waals surface area contributed by atoms with Crippen LogP contribution in [0.25, 0.3) is 0 Å². The summed E-state index contributed by atoms with van der Waals surface area (Å²) in [6, 6.07) is 1.41. The van der Waals surface area contributed by atoms with Gasteiger partial charge in [0.25, 0.3) is 5.91 Å². The number of aromatic nitrogens is 2. The summed E-state index contributed by atoms with van der Waals surface area (Å²) in [5.41, 5.74) is 0.990. The number of morpholine rings is 1. The molecule has 7 heteroatoms. The van der Waals surface area contributed by atoms with Crippen LogP contribution in [-0.4, -0.2) is 40.8 Å². The van der Waals surface area contributed by atoms with Crippen molar-refractivity contribution in [3.8, 4) is 0 Å². The molecule has 118 valence electrons. The van der Waals surface area contributed by atoms with Gasteiger partial charge in [0, 0.05) is 19.9 Å². The molecule has 2 aromatic heterocycles. The van der Waals surface area contributed by atoms with Crippen LogP contribution >= 0.6 is 0 Å². The smallest absolute Gasteiger partial charge is 0.290 e. The van der Waals surface area contributed by atoms with E-state index in [0.29, 0.717) is 37.3 Å². The number of ether oxygens (including phenoxy) is 1. The van der Waals surface area contributed by atoms with Crippen molar-refractivity contribution in [3.05, 3.63) is 34.9 Å². The third-order valence-electron chi connectivity index (χ3n) is 3.77. The van der Waals surface area contributed by atoms with Gasteiger partial charge in [-0.2, -0.15) is 0 Å². The van der Waals surface area contributed by atoms with Gasteiger partial charge in [-0.3, -0.25) is 4.79 Å². The topological polar surface area (TPSA) is 81.6 Å². The molecular weight excluding hydrogens is 286 g/mol. The zero-order valence-electron chi connectivity index (χ0n) is 13.0. The molecule has 22 heavy (non-hydrogen) atoms. The summed E-state index contributed by atoms with van der Waals surface area (Å²) in [5, 5.41) is 7.84. The van der Waals surface area contributed by atoms with Crippen molar-refractivity contribution in [2.45, 2.75) is 33.2 Å². The maximum atomic E-state index is 12.8. The Kier molecular flexibility index (Phi) is 3.98. The number of carbonyl (C=O) groups excluding carboxylic acids is 1. The SMILES string of the molecule is CCc1oc(C(=O)N2CCOC[C@@H]2c2nnc(C)o2)cc1C. The third kappa shape index (κ3) is 2.64. The lowest BCUT2D eigenvalue weighted by Gasteiger charge is -2.32. The highest BCUT2D eigenvalue weighted by Crippen LogP contribution is 2.26. The second-order valence-corrected chi connectivity index (χ2v) is 5.32. The Morgan fingerprint density at radius 3 is 2.82 bits per heavy atom. The van der Waals surface area contributed by atoms with Crippen LogP contribution in [-0.2, 0) is 11.2 Å². The van der Waals surface area contributed by atoms with Gasteiger partial charge in [-0.05, 0) is 18.6 Å². The first kappa shape index (κ1) is 14.8. The first-order valence-electron chi connectivity index (χ1n) is 7.38. The molecule has 0 unspecified atom stereocenters. The summed E-state index contributed by atoms with van der Waals surface area (Å²) >= 11 is 0. The lowest BCUT2D eigenvalue weighted by molar-refractivity contribution is -0.0121. The van der Waals surface area contributed by atoms with Gasteiger partial charge >= 0.3 is 0 Å². The number of hydrogen-bond donors (Lipinski definition) is 0. The standard InChI is InChI=1S/C15H19N3O4/c1-4-12-9(2)7-13(22-12)15(19)18-5-6-20-8-11(18)14-17-16-10(3)21-14/h7,11H,4-6,8H2,1-3H3/t11-/m1/s1. The normalized spacial score (nSPS) is 18.7. The molecule has 0 saturated carbocycles. The van der Waals surface area contributed by atoms with E-state index in [0.717, 1.165) is 17.7 Å². The van der Waals surface area contributed by atoms with Crippen LogP contribution in [0.15, 0.2) is 14.9 Å². The number of nitrogens with zero attached hydrogens (tertiary/aromatic N) is 3. The van der Waals surface area contributed by atoms with Crippen molar-refractivity contribution in [1.29, 1.82) is 0 Å². The van der Waals surface area contributed by atoms with Gasteiger partial charge in [-0.1, -0.05) is 6.92 Å². The van der Waals surface area contributed by atoms with E-state index in [9.17, 15) is 4.79 Å². The molecule has 0 radical (unpaired) electrons. The van der Waals surface area contributed by atoms with Crippen molar-refractivity contribution in [3.63, 3.8) is 0 Å². The number of aryl methyl sites for hydroxylation is 3. The van der Waals surface area contributed by atoms with E-state index < -0.39 is 0 Å². The van der Waals surface area contributed by atoms with Gasteiger partial charge in [0.05, 0.1) is 13.2 Å². The number of furan rings is 1. The van der Waals surface area contributed by atoms with Crippen LogP contribution in [0.5, 0.6) is 0 Å². The Labute approximate surface area is 128 Å². The molecule has 0 aliphatic carbocycles. The van der Waals surface area contributed by atoms with Crippen molar-refractivity contribution < 1.29 is 18.4 Å². The molecule has 3 heterocycles. The molecule has 3 rings (SSSR count). The molecule has 1 aliphatic rings. The Morgan fingerprint density at radius 1 is 1.36 bits per heavy atom. The minimum absolute atomic E-state index is 0.174. The second-order valence-electron chi connectivity index (χ2n) is 5.32. The Hall–Kier alpha value is -2.15. The molecule has 0 bridgehead atoms. The zero-order chi connectivity index (χ0) is 15.7. The number of rotatable bonds is 3. The summed E-state index contributed by atoms with van der Waals surface area (Å²) in [6.07, 6.45) is 0.758. The van der Waals surface area contributed by atoms with Gasteiger partial charge in [-0.15, -0.1) is 10.2 Å². The van der Waals surface area contributed by atoms with Crippen LogP contribution in [0.2, 0.25) is 0 Å². The van der Waals surface area contributed by atoms with Gasteiger partial charge < -0.3 is 18.5 Å². The van der Waals surface area contributed by atoms with Crippen LogP contribution in [0, 0.1) is 13.8 Å². The highest BCUT2D eigenvalue weighted by molar-refractivity contribution is 5.92. The molecule has 7 nitrogen and oxygen atoms in total. The molecule has 1 aliphatic heterocycles. The highest BCUT2D eigenvalue weighted by Gasteiger charge is 2.34. The summed E-state index contributed by atoms with van der Waals surface area (Å²) in [7, 11) is 0. The lowest BCUT2D eigenvalue weighted by atomic mass is 10.2. The molecule has 0 N–H and O–H groups in total. The van der Waals surface area contributed by atoms with Gasteiger partial charge in [0.1, 0.15) is 11.8 Å². The molecular formula is C15H19N3O4. The van der Waals surface area contributed by atoms with Crippen molar-refractivity contribution in [2.24, 2.45) is 0 Å². The maximum Gasteiger partial charge on any atom is 0.290 e. The van der Waals surface area contributed by atoms with E-state index in [-0.39, 0.29) is 11.9 Å². The quantitative estimate of drug-likeness (QED) is 0.863. The molecule has 1 saturated heterocycles. The zero-order valence-corrected chi connectivity index (χ0v) is 13.0. The van der Waals surface area contributed by atoms with Crippen LogP contribution in [0.1, 0.15) is 46.6 Å². The predicted molar refractivity (Wildman–Crippen MR) is 76.5 cm³/mol. The van der Waals surface area contributed by atoms with Crippen molar-refractivity contribution >= 4 is 5.91 Å². The van der Waals surface area contributed by atoms with Gasteiger partial charge in [0.2, 0.25) is 11.8 Å². The van der Waals surface area contributed by atoms with Crippen molar-refractivity contribution in [1.82, 2.24) is 15.1 Å². The van der Waals surface area contributed by atoms with E-state index in [1.54, 1.807) is 17.9 Å². The largest absolute Gasteiger partial charge is 0.456 e. The van der Waals surface area contributed by atoms with Crippen LogP contribution in [0.3, 0.4) is 0 Å². The fourth-order valence-corrected chi connectivity index (χ4v) is 2.62. The highest BCUT2D eigenvalue weighted by atomic mass is 16.5. The fourth-order valence-electron chi connectivity index (χ4n) is 2.62. The lowest BCUT2D eigenvalue weighted by Crippen LogP contribution is -2.43. The van der Waals surface area contributed by atoms with E-state index in [1.807, 2.05) is 13.8 Å². The van der Waals surface area contributed by atoms with E-state index in [1.165, 1.54) is 0 Å². The summed E-state index contributed by atoms with van der Waals surface area (Å²) in [4.78, 5) is 14.4. The van der Waals surface area contributed by atoms with E-state index in [2.05, 4.69) is 10.2 Å². The van der Waals surface area contributed by atoms with Crippen molar-refractivity contribution in [2.75, 3.05) is 19.8 Å². The van der Waals surface area contributed by atoms with Gasteiger partial charge in [0.15, 0.2) is 5.76 Å². The first-order valence-corrected chi connectivity index (χ1v) is 7.38. The average Bonchev–Trinajstić information content (AvgIpc) is 3.12. The summed E-state index contributed by atoms with van der Waals surface area (Å²) in [5.74, 6) is 1.87. The average molecular weight is 305 g/mol. The Balaban J connectivity index is 1.87. The molecule has 1 atom stereocenters. The molecule has 1 amide bonds. The molecule has 0 spiro atoms. The van der Waals surface area contributed by atoms with Crippen LogP contribution < -0.4 is 0 Å². The fraction of sp³-hybridized carbons (Fsp3) is 0.533. The van der Waals surface area contributed by atoms with Crippen LogP contribution in [0.4, 0.5) is 0 Å². The second kappa shape index (κ2) is 5.92. The molecule has 1 fully saturated rings. The minimum Gasteiger partial charge on any atom is -0.456 e. The monoisotopic (exact) mass is 305 g/mol. The number of carbonyl (C=O) groups is 1. The number of hydrogen-bond acceptors (Lipinski definition) is 6. The summed E-state index contributed by atoms with van der Waals surface area (Å²) < 4.78 is 16.6. The molecule has 0 aromatic carbocycles. The summed E-state index contributed by atoms with van der Waals surface area (Å²) in [6.45, 7) is 6.95. The Morgan fingerprint density at radius 2 is 2.18 bits per heavy atom. The first-order chi connectivity index (χ1) is 10.6. The van der Waals surface area contributed by atoms with Gasteiger partial charge in [-0.25, -0.2) is 0 Å². The maximum absolute atomic E-state index is 12.8. The van der Waals surface area contributed by atoms with E-state index >= 15 is 0 Å². The molecule has 2 aromatic rings. The third-order valence-corrected chi connectivity index (χ3v) is 3.77. The minimum atomic E-state index is -0.377. The predicted octanol–water partition coefficient (Wildman–Crippen LogP) is 2.06.